The summed E-state index contributed by atoms with van der Waals surface area (Å²) >= 11 is 0. The lowest BCUT2D eigenvalue weighted by Crippen LogP contribution is -2.26. The number of phenolic OH excluding ortho intramolecular Hbond substituents is 1. The van der Waals surface area contributed by atoms with Crippen molar-refractivity contribution in [2.45, 2.75) is 90.6 Å². The molecular formula is C26H39FO4. The number of carbonyl (C=O) groups excluding carboxylic acids is 1. The van der Waals surface area contributed by atoms with Crippen LogP contribution in [0.3, 0.4) is 0 Å². The van der Waals surface area contributed by atoms with Crippen LogP contribution in [0.2, 0.25) is 0 Å². The number of halogens is 1. The first-order valence-electron chi connectivity index (χ1n) is 12.3. The van der Waals surface area contributed by atoms with Gasteiger partial charge in [-0.2, -0.15) is 4.39 Å². The molecule has 0 aliphatic heterocycles. The molecule has 2 aliphatic rings. The number of ketones is 1. The third-order valence-electron chi connectivity index (χ3n) is 7.18. The molecule has 1 aromatic carbocycles. The number of Topliss-reactive ketones (excluding diaryl/α,β-unsaturated/α-hetero) is 1. The number of rotatable bonds is 10. The molecule has 0 heterocycles. The van der Waals surface area contributed by atoms with Gasteiger partial charge in [0, 0.05) is 13.0 Å². The Kier molecular flexibility index (Phi) is 9.18. The molecule has 3 rings (SSSR count). The predicted molar refractivity (Wildman–Crippen MR) is 120 cm³/mol. The highest BCUT2D eigenvalue weighted by atomic mass is 19.1. The lowest BCUT2D eigenvalue weighted by atomic mass is 9.80. The Morgan fingerprint density at radius 2 is 1.65 bits per heavy atom. The maximum atomic E-state index is 14.2. The molecule has 2 fully saturated rings. The molecule has 0 radical (unpaired) electrons. The van der Waals surface area contributed by atoms with Crippen molar-refractivity contribution in [2.75, 3.05) is 13.2 Å². The summed E-state index contributed by atoms with van der Waals surface area (Å²) in [5.41, 5.74) is 0.0537. The minimum Gasteiger partial charge on any atom is -0.504 e. The van der Waals surface area contributed by atoms with Gasteiger partial charge in [-0.3, -0.25) is 4.79 Å². The summed E-state index contributed by atoms with van der Waals surface area (Å²) in [6.07, 6.45) is 12.5. The number of carbonyl (C=O) groups is 1. The summed E-state index contributed by atoms with van der Waals surface area (Å²) in [6, 6.07) is 2.89. The van der Waals surface area contributed by atoms with Crippen molar-refractivity contribution in [3.8, 4) is 11.5 Å². The first-order chi connectivity index (χ1) is 15.0. The van der Waals surface area contributed by atoms with E-state index in [9.17, 15) is 14.3 Å². The van der Waals surface area contributed by atoms with Gasteiger partial charge in [-0.1, -0.05) is 32.6 Å². The van der Waals surface area contributed by atoms with Crippen molar-refractivity contribution in [1.82, 2.24) is 0 Å². The number of hydrogen-bond donors (Lipinski definition) is 1. The van der Waals surface area contributed by atoms with Crippen LogP contribution in [-0.2, 0) is 4.74 Å². The second kappa shape index (κ2) is 11.8. The maximum Gasteiger partial charge on any atom is 0.207 e. The van der Waals surface area contributed by atoms with E-state index in [2.05, 4.69) is 6.92 Å². The molecule has 0 bridgehead atoms. The van der Waals surface area contributed by atoms with Gasteiger partial charge in [-0.05, 0) is 75.3 Å². The van der Waals surface area contributed by atoms with Crippen molar-refractivity contribution in [1.29, 1.82) is 0 Å². The van der Waals surface area contributed by atoms with Gasteiger partial charge >= 0.3 is 0 Å². The van der Waals surface area contributed by atoms with Crippen molar-refractivity contribution in [2.24, 2.45) is 17.8 Å². The van der Waals surface area contributed by atoms with E-state index >= 15 is 0 Å². The van der Waals surface area contributed by atoms with Crippen LogP contribution in [0.15, 0.2) is 12.1 Å². The molecule has 2 saturated carbocycles. The lowest BCUT2D eigenvalue weighted by molar-refractivity contribution is -0.00991. The zero-order chi connectivity index (χ0) is 22.2. The van der Waals surface area contributed by atoms with Gasteiger partial charge in [0.2, 0.25) is 5.82 Å². The molecule has 0 unspecified atom stereocenters. The largest absolute Gasteiger partial charge is 0.504 e. The van der Waals surface area contributed by atoms with Gasteiger partial charge in [0.1, 0.15) is 0 Å². The SMILES string of the molecule is CCCC1CCC(COC2CCC(CC(=O)c3ccc(OCC)c(F)c3O)CC2)CC1. The van der Waals surface area contributed by atoms with E-state index in [1.807, 2.05) is 0 Å². The number of benzene rings is 1. The Balaban J connectivity index is 1.39. The fourth-order valence-electron chi connectivity index (χ4n) is 5.28. The van der Waals surface area contributed by atoms with E-state index in [0.717, 1.165) is 38.2 Å². The van der Waals surface area contributed by atoms with Crippen LogP contribution in [0.25, 0.3) is 0 Å². The molecule has 4 nitrogen and oxygen atoms in total. The molecule has 31 heavy (non-hydrogen) atoms. The summed E-state index contributed by atoms with van der Waals surface area (Å²) in [7, 11) is 0. The standard InChI is InChI=1S/C26H39FO4/c1-3-5-18-6-8-20(9-7-18)17-31-21-12-10-19(11-13-21)16-23(28)22-14-15-24(30-4-2)25(27)26(22)29/h14-15,18-21,29H,3-13,16-17H2,1-2H3. The number of phenols is 1. The normalized spacial score (nSPS) is 26.5. The molecule has 5 heteroatoms. The van der Waals surface area contributed by atoms with Crippen LogP contribution in [0.4, 0.5) is 4.39 Å². The molecule has 1 N–H and O–H groups in total. The summed E-state index contributed by atoms with van der Waals surface area (Å²) in [5.74, 6) is 0.240. The van der Waals surface area contributed by atoms with Crippen molar-refractivity contribution in [3.63, 3.8) is 0 Å². The van der Waals surface area contributed by atoms with Crippen molar-refractivity contribution in [3.05, 3.63) is 23.5 Å². The van der Waals surface area contributed by atoms with Gasteiger partial charge in [0.25, 0.3) is 0 Å². The average molecular weight is 435 g/mol. The Bertz CT molecular complexity index is 704. The van der Waals surface area contributed by atoms with E-state index in [-0.39, 0.29) is 23.0 Å². The molecule has 0 spiro atoms. The van der Waals surface area contributed by atoms with Gasteiger partial charge in [-0.15, -0.1) is 0 Å². The van der Waals surface area contributed by atoms with E-state index in [4.69, 9.17) is 9.47 Å². The lowest BCUT2D eigenvalue weighted by Gasteiger charge is -2.32. The topological polar surface area (TPSA) is 55.8 Å². The quantitative estimate of drug-likeness (QED) is 0.417. The van der Waals surface area contributed by atoms with Crippen molar-refractivity contribution < 1.29 is 23.8 Å². The van der Waals surface area contributed by atoms with E-state index in [1.165, 1.54) is 50.7 Å². The smallest absolute Gasteiger partial charge is 0.207 e. The monoisotopic (exact) mass is 434 g/mol. The van der Waals surface area contributed by atoms with Crippen LogP contribution >= 0.6 is 0 Å². The van der Waals surface area contributed by atoms with Gasteiger partial charge < -0.3 is 14.6 Å². The summed E-state index contributed by atoms with van der Waals surface area (Å²) < 4.78 is 25.6. The molecule has 0 aromatic heterocycles. The fourth-order valence-corrected chi connectivity index (χ4v) is 5.28. The maximum absolute atomic E-state index is 14.2. The third kappa shape index (κ3) is 6.68. The molecule has 1 aromatic rings. The minimum atomic E-state index is -0.853. The van der Waals surface area contributed by atoms with Gasteiger partial charge in [-0.25, -0.2) is 0 Å². The predicted octanol–water partition coefficient (Wildman–Crippen LogP) is 6.68. The first-order valence-corrected chi connectivity index (χ1v) is 12.3. The van der Waals surface area contributed by atoms with Gasteiger partial charge in [0.05, 0.1) is 18.3 Å². The highest BCUT2D eigenvalue weighted by Gasteiger charge is 2.27. The molecule has 0 atom stereocenters. The van der Waals surface area contributed by atoms with Crippen LogP contribution in [0.5, 0.6) is 11.5 Å². The zero-order valence-corrected chi connectivity index (χ0v) is 19.2. The molecular weight excluding hydrogens is 395 g/mol. The highest BCUT2D eigenvalue weighted by Crippen LogP contribution is 2.35. The summed E-state index contributed by atoms with van der Waals surface area (Å²) in [5, 5.41) is 10.1. The Hall–Kier alpha value is -1.62. The van der Waals surface area contributed by atoms with E-state index in [1.54, 1.807) is 6.92 Å². The Labute approximate surface area is 186 Å². The van der Waals surface area contributed by atoms with Crippen LogP contribution in [0.1, 0.15) is 94.8 Å². The third-order valence-corrected chi connectivity index (χ3v) is 7.18. The zero-order valence-electron chi connectivity index (χ0n) is 19.2. The van der Waals surface area contributed by atoms with Crippen LogP contribution in [-0.4, -0.2) is 30.2 Å². The van der Waals surface area contributed by atoms with E-state index < -0.39 is 11.6 Å². The molecule has 0 saturated heterocycles. The van der Waals surface area contributed by atoms with Crippen LogP contribution in [0, 0.1) is 23.6 Å². The minimum absolute atomic E-state index is 0.0203. The molecule has 0 amide bonds. The van der Waals surface area contributed by atoms with Crippen molar-refractivity contribution >= 4 is 5.78 Å². The average Bonchev–Trinajstić information content (AvgIpc) is 2.78. The second-order valence-electron chi connectivity index (χ2n) is 9.49. The number of hydrogen-bond acceptors (Lipinski definition) is 4. The molecule has 2 aliphatic carbocycles. The molecule has 174 valence electrons. The summed E-state index contributed by atoms with van der Waals surface area (Å²) in [6.45, 7) is 5.20. The second-order valence-corrected chi connectivity index (χ2v) is 9.49. The van der Waals surface area contributed by atoms with E-state index in [0.29, 0.717) is 25.0 Å². The highest BCUT2D eigenvalue weighted by molar-refractivity contribution is 5.99. The number of aromatic hydroxyl groups is 1. The summed E-state index contributed by atoms with van der Waals surface area (Å²) in [4.78, 5) is 12.6. The van der Waals surface area contributed by atoms with Crippen LogP contribution < -0.4 is 4.74 Å². The first kappa shape index (κ1) is 24.0. The Morgan fingerprint density at radius 1 is 1.00 bits per heavy atom. The van der Waals surface area contributed by atoms with Gasteiger partial charge in [0.15, 0.2) is 17.3 Å². The fraction of sp³-hybridized carbons (Fsp3) is 0.731. The Morgan fingerprint density at radius 3 is 2.29 bits per heavy atom. The number of ether oxygens (including phenoxy) is 2.